The van der Waals surface area contributed by atoms with Crippen molar-refractivity contribution in [2.45, 2.75) is 13.0 Å². The van der Waals surface area contributed by atoms with Crippen LogP contribution in [0, 0.1) is 0 Å². The SMILES string of the molecule is COC(=O)c1cc(N(C)C(C)c2cccs2)ncc1N. The van der Waals surface area contributed by atoms with E-state index >= 15 is 0 Å². The smallest absolute Gasteiger partial charge is 0.340 e. The van der Waals surface area contributed by atoms with Gasteiger partial charge in [0.2, 0.25) is 0 Å². The molecule has 6 heteroatoms. The second-order valence-electron chi connectivity index (χ2n) is 4.42. The number of nitrogen functional groups attached to an aromatic ring is 1. The van der Waals surface area contributed by atoms with Crippen LogP contribution in [0.1, 0.15) is 28.2 Å². The summed E-state index contributed by atoms with van der Waals surface area (Å²) in [5.41, 5.74) is 6.41. The summed E-state index contributed by atoms with van der Waals surface area (Å²) in [6.07, 6.45) is 1.49. The molecule has 0 bridgehead atoms. The summed E-state index contributed by atoms with van der Waals surface area (Å²) in [7, 11) is 3.27. The molecule has 0 aliphatic heterocycles. The van der Waals surface area contributed by atoms with E-state index in [1.165, 1.54) is 18.2 Å². The minimum atomic E-state index is -0.455. The maximum absolute atomic E-state index is 11.7. The van der Waals surface area contributed by atoms with Crippen molar-refractivity contribution in [1.82, 2.24) is 4.98 Å². The summed E-state index contributed by atoms with van der Waals surface area (Å²) in [5.74, 6) is 0.226. The number of methoxy groups -OCH3 is 1. The third-order valence-electron chi connectivity index (χ3n) is 3.22. The Balaban J connectivity index is 2.31. The van der Waals surface area contributed by atoms with Crippen LogP contribution in [0.25, 0.3) is 0 Å². The van der Waals surface area contributed by atoms with Gasteiger partial charge in [-0.15, -0.1) is 11.3 Å². The lowest BCUT2D eigenvalue weighted by molar-refractivity contribution is 0.0602. The van der Waals surface area contributed by atoms with Crippen molar-refractivity contribution < 1.29 is 9.53 Å². The molecule has 2 aromatic rings. The molecular weight excluding hydrogens is 274 g/mol. The number of pyridine rings is 1. The third kappa shape index (κ3) is 2.75. The molecule has 0 saturated heterocycles. The molecule has 0 amide bonds. The Labute approximate surface area is 122 Å². The highest BCUT2D eigenvalue weighted by Gasteiger charge is 2.18. The predicted molar refractivity (Wildman–Crippen MR) is 81.1 cm³/mol. The molecule has 20 heavy (non-hydrogen) atoms. The first-order valence-corrected chi connectivity index (χ1v) is 7.02. The van der Waals surface area contributed by atoms with Crippen LogP contribution in [-0.2, 0) is 4.74 Å². The molecule has 2 heterocycles. The number of rotatable bonds is 4. The van der Waals surface area contributed by atoms with E-state index < -0.39 is 5.97 Å². The van der Waals surface area contributed by atoms with Crippen LogP contribution in [-0.4, -0.2) is 25.1 Å². The van der Waals surface area contributed by atoms with Crippen LogP contribution in [0.5, 0.6) is 0 Å². The van der Waals surface area contributed by atoms with Gasteiger partial charge in [-0.2, -0.15) is 0 Å². The summed E-state index contributed by atoms with van der Waals surface area (Å²) in [6, 6.07) is 5.91. The van der Waals surface area contributed by atoms with Crippen LogP contribution >= 0.6 is 11.3 Å². The van der Waals surface area contributed by atoms with Gasteiger partial charge in [-0.05, 0) is 24.4 Å². The molecule has 1 unspecified atom stereocenters. The van der Waals surface area contributed by atoms with E-state index in [2.05, 4.69) is 18.0 Å². The quantitative estimate of drug-likeness (QED) is 0.877. The lowest BCUT2D eigenvalue weighted by Crippen LogP contribution is -2.22. The average molecular weight is 291 g/mol. The molecule has 2 rings (SSSR count). The number of esters is 1. The van der Waals surface area contributed by atoms with E-state index in [1.807, 2.05) is 23.4 Å². The molecule has 2 N–H and O–H groups in total. The first kappa shape index (κ1) is 14.3. The van der Waals surface area contributed by atoms with Gasteiger partial charge in [-0.1, -0.05) is 6.07 Å². The molecule has 5 nitrogen and oxygen atoms in total. The first-order valence-electron chi connectivity index (χ1n) is 6.14. The molecule has 0 aliphatic rings. The molecule has 2 aromatic heterocycles. The zero-order chi connectivity index (χ0) is 14.7. The van der Waals surface area contributed by atoms with Gasteiger partial charge in [-0.3, -0.25) is 0 Å². The highest BCUT2D eigenvalue weighted by Crippen LogP contribution is 2.28. The number of ether oxygens (including phenoxy) is 1. The largest absolute Gasteiger partial charge is 0.465 e. The van der Waals surface area contributed by atoms with Gasteiger partial charge < -0.3 is 15.4 Å². The van der Waals surface area contributed by atoms with Crippen molar-refractivity contribution >= 4 is 28.8 Å². The highest BCUT2D eigenvalue weighted by atomic mass is 32.1. The van der Waals surface area contributed by atoms with Crippen LogP contribution in [0.3, 0.4) is 0 Å². The molecule has 0 radical (unpaired) electrons. The highest BCUT2D eigenvalue weighted by molar-refractivity contribution is 7.10. The monoisotopic (exact) mass is 291 g/mol. The summed E-state index contributed by atoms with van der Waals surface area (Å²) in [6.45, 7) is 2.09. The lowest BCUT2D eigenvalue weighted by atomic mass is 10.2. The number of hydrogen-bond acceptors (Lipinski definition) is 6. The predicted octanol–water partition coefficient (Wildman–Crippen LogP) is 2.71. The normalized spacial score (nSPS) is 11.9. The second kappa shape index (κ2) is 5.92. The molecule has 0 spiro atoms. The van der Waals surface area contributed by atoms with E-state index in [0.29, 0.717) is 17.1 Å². The molecule has 1 atom stereocenters. The van der Waals surface area contributed by atoms with Crippen LogP contribution in [0.15, 0.2) is 29.8 Å². The van der Waals surface area contributed by atoms with E-state index in [0.717, 1.165) is 0 Å². The first-order chi connectivity index (χ1) is 9.54. The number of nitrogens with zero attached hydrogens (tertiary/aromatic N) is 2. The van der Waals surface area contributed by atoms with Crippen LogP contribution in [0.4, 0.5) is 11.5 Å². The number of hydrogen-bond donors (Lipinski definition) is 1. The van der Waals surface area contributed by atoms with Crippen molar-refractivity contribution in [3.63, 3.8) is 0 Å². The van der Waals surface area contributed by atoms with Crippen LogP contribution in [0.2, 0.25) is 0 Å². The van der Waals surface area contributed by atoms with Gasteiger partial charge in [0.1, 0.15) is 5.82 Å². The molecule has 0 aliphatic carbocycles. The summed E-state index contributed by atoms with van der Waals surface area (Å²) in [5, 5.41) is 2.04. The fourth-order valence-corrected chi connectivity index (χ4v) is 2.68. The van der Waals surface area contributed by atoms with Crippen molar-refractivity contribution in [3.8, 4) is 0 Å². The Bertz CT molecular complexity index is 598. The van der Waals surface area contributed by atoms with E-state index in [9.17, 15) is 4.79 Å². The molecule has 0 aromatic carbocycles. The van der Waals surface area contributed by atoms with E-state index in [-0.39, 0.29) is 6.04 Å². The standard InChI is InChI=1S/C14H17N3O2S/c1-9(12-5-4-6-20-12)17(2)13-7-10(14(18)19-3)11(15)8-16-13/h4-9H,15H2,1-3H3. The lowest BCUT2D eigenvalue weighted by Gasteiger charge is -2.25. The Hall–Kier alpha value is -2.08. The zero-order valence-electron chi connectivity index (χ0n) is 11.7. The van der Waals surface area contributed by atoms with Crippen molar-refractivity contribution in [2.75, 3.05) is 24.8 Å². The Morgan fingerprint density at radius 2 is 2.30 bits per heavy atom. The molecular formula is C14H17N3O2S. The van der Waals surface area contributed by atoms with Crippen molar-refractivity contribution in [1.29, 1.82) is 0 Å². The second-order valence-corrected chi connectivity index (χ2v) is 5.40. The number of anilines is 2. The minimum Gasteiger partial charge on any atom is -0.465 e. The van der Waals surface area contributed by atoms with Gasteiger partial charge in [0.25, 0.3) is 0 Å². The van der Waals surface area contributed by atoms with Crippen molar-refractivity contribution in [3.05, 3.63) is 40.2 Å². The van der Waals surface area contributed by atoms with Gasteiger partial charge >= 0.3 is 5.97 Å². The topological polar surface area (TPSA) is 68.5 Å². The van der Waals surface area contributed by atoms with Gasteiger partial charge in [0.05, 0.1) is 30.6 Å². The number of carbonyl (C=O) groups is 1. The average Bonchev–Trinajstić information content (AvgIpc) is 2.99. The fourth-order valence-electron chi connectivity index (χ4n) is 1.85. The Morgan fingerprint density at radius 3 is 2.90 bits per heavy atom. The van der Waals surface area contributed by atoms with Gasteiger partial charge in [0, 0.05) is 11.9 Å². The minimum absolute atomic E-state index is 0.164. The number of aromatic nitrogens is 1. The Kier molecular flexibility index (Phi) is 4.24. The zero-order valence-corrected chi connectivity index (χ0v) is 12.5. The van der Waals surface area contributed by atoms with E-state index in [4.69, 9.17) is 10.5 Å². The number of thiophene rings is 1. The molecule has 0 fully saturated rings. The summed E-state index contributed by atoms with van der Waals surface area (Å²) >= 11 is 1.69. The maximum atomic E-state index is 11.7. The molecule has 106 valence electrons. The third-order valence-corrected chi connectivity index (χ3v) is 4.27. The number of carbonyl (C=O) groups excluding carboxylic acids is 1. The van der Waals surface area contributed by atoms with Crippen LogP contribution < -0.4 is 10.6 Å². The van der Waals surface area contributed by atoms with Gasteiger partial charge in [-0.25, -0.2) is 9.78 Å². The van der Waals surface area contributed by atoms with E-state index in [1.54, 1.807) is 17.4 Å². The Morgan fingerprint density at radius 1 is 1.55 bits per heavy atom. The fraction of sp³-hybridized carbons (Fsp3) is 0.286. The number of nitrogens with two attached hydrogens (primary N) is 1. The summed E-state index contributed by atoms with van der Waals surface area (Å²) in [4.78, 5) is 19.2. The van der Waals surface area contributed by atoms with Crippen molar-refractivity contribution in [2.24, 2.45) is 0 Å². The van der Waals surface area contributed by atoms with Gasteiger partial charge in [0.15, 0.2) is 0 Å². The summed E-state index contributed by atoms with van der Waals surface area (Å²) < 4.78 is 4.72. The maximum Gasteiger partial charge on any atom is 0.340 e. The molecule has 0 saturated carbocycles.